The summed E-state index contributed by atoms with van der Waals surface area (Å²) in [5, 5.41) is 8.69. The van der Waals surface area contributed by atoms with Crippen molar-refractivity contribution in [3.63, 3.8) is 0 Å². The van der Waals surface area contributed by atoms with Gasteiger partial charge in [-0.3, -0.25) is 4.79 Å². The maximum atomic E-state index is 12.3. The van der Waals surface area contributed by atoms with Crippen molar-refractivity contribution in [3.8, 4) is 0 Å². The monoisotopic (exact) mass is 379 g/mol. The SMILES string of the molecule is CCCCc1ccc(NC(=O)Nc2ccc(C(=O)NC3CCCC3)cc2)cc1. The lowest BCUT2D eigenvalue weighted by atomic mass is 10.1. The zero-order valence-corrected chi connectivity index (χ0v) is 16.5. The summed E-state index contributed by atoms with van der Waals surface area (Å²) in [4.78, 5) is 24.4. The molecular formula is C23H29N3O2. The summed E-state index contributed by atoms with van der Waals surface area (Å²) in [5.74, 6) is -0.0499. The van der Waals surface area contributed by atoms with Crippen LogP contribution < -0.4 is 16.0 Å². The van der Waals surface area contributed by atoms with Crippen molar-refractivity contribution in [1.29, 1.82) is 0 Å². The third kappa shape index (κ3) is 5.84. The maximum Gasteiger partial charge on any atom is 0.323 e. The van der Waals surface area contributed by atoms with Gasteiger partial charge < -0.3 is 16.0 Å². The Kier molecular flexibility index (Phi) is 7.06. The molecule has 3 amide bonds. The zero-order valence-electron chi connectivity index (χ0n) is 16.5. The van der Waals surface area contributed by atoms with E-state index in [1.54, 1.807) is 24.3 Å². The van der Waals surface area contributed by atoms with Crippen LogP contribution in [0.2, 0.25) is 0 Å². The van der Waals surface area contributed by atoms with Crippen LogP contribution >= 0.6 is 0 Å². The minimum atomic E-state index is -0.301. The van der Waals surface area contributed by atoms with Crippen LogP contribution in [0.5, 0.6) is 0 Å². The lowest BCUT2D eigenvalue weighted by Gasteiger charge is -2.12. The molecule has 0 aliphatic heterocycles. The van der Waals surface area contributed by atoms with Crippen molar-refractivity contribution in [2.45, 2.75) is 57.9 Å². The molecule has 0 radical (unpaired) electrons. The number of amides is 3. The summed E-state index contributed by atoms with van der Waals surface area (Å²) in [6.07, 6.45) is 7.89. The van der Waals surface area contributed by atoms with E-state index in [4.69, 9.17) is 0 Å². The van der Waals surface area contributed by atoms with Gasteiger partial charge in [-0.1, -0.05) is 38.3 Å². The molecule has 0 atom stereocenters. The lowest BCUT2D eigenvalue weighted by Crippen LogP contribution is -2.32. The summed E-state index contributed by atoms with van der Waals surface area (Å²) in [5.41, 5.74) is 3.29. The number of unbranched alkanes of at least 4 members (excludes halogenated alkanes) is 1. The molecule has 0 heterocycles. The first kappa shape index (κ1) is 19.9. The third-order valence-corrected chi connectivity index (χ3v) is 5.13. The average molecular weight is 380 g/mol. The van der Waals surface area contributed by atoms with Crippen molar-refractivity contribution in [3.05, 3.63) is 59.7 Å². The summed E-state index contributed by atoms with van der Waals surface area (Å²) in [6.45, 7) is 2.18. The van der Waals surface area contributed by atoms with E-state index in [1.165, 1.54) is 31.2 Å². The molecule has 148 valence electrons. The van der Waals surface area contributed by atoms with Crippen LogP contribution in [0.1, 0.15) is 61.4 Å². The lowest BCUT2D eigenvalue weighted by molar-refractivity contribution is 0.0938. The number of hydrogen-bond acceptors (Lipinski definition) is 2. The second kappa shape index (κ2) is 9.93. The largest absolute Gasteiger partial charge is 0.349 e. The molecule has 3 N–H and O–H groups in total. The standard InChI is InChI=1S/C23H29N3O2/c1-2-3-6-17-9-13-20(14-10-17)25-23(28)26-21-15-11-18(12-16-21)22(27)24-19-7-4-5-8-19/h9-16,19H,2-8H2,1H3,(H,24,27)(H2,25,26,28). The van der Waals surface area contributed by atoms with Crippen molar-refractivity contribution >= 4 is 23.3 Å². The van der Waals surface area contributed by atoms with Gasteiger partial charge in [-0.2, -0.15) is 0 Å². The van der Waals surface area contributed by atoms with E-state index in [1.807, 2.05) is 24.3 Å². The maximum absolute atomic E-state index is 12.3. The third-order valence-electron chi connectivity index (χ3n) is 5.13. The van der Waals surface area contributed by atoms with Crippen molar-refractivity contribution in [2.24, 2.45) is 0 Å². The number of carbonyl (C=O) groups is 2. The molecule has 0 aromatic heterocycles. The molecule has 0 saturated heterocycles. The van der Waals surface area contributed by atoms with Crippen LogP contribution in [0.4, 0.5) is 16.2 Å². The van der Waals surface area contributed by atoms with Crippen LogP contribution in [-0.2, 0) is 6.42 Å². The van der Waals surface area contributed by atoms with Crippen LogP contribution in [0, 0.1) is 0 Å². The van der Waals surface area contributed by atoms with E-state index >= 15 is 0 Å². The molecule has 1 aliphatic carbocycles. The highest BCUT2D eigenvalue weighted by Gasteiger charge is 2.17. The number of nitrogens with one attached hydrogen (secondary N) is 3. The Labute approximate surface area is 166 Å². The minimum Gasteiger partial charge on any atom is -0.349 e. The van der Waals surface area contributed by atoms with E-state index < -0.39 is 0 Å². The van der Waals surface area contributed by atoms with Gasteiger partial charge in [0.15, 0.2) is 0 Å². The average Bonchev–Trinajstić information content (AvgIpc) is 3.21. The van der Waals surface area contributed by atoms with E-state index in [0.29, 0.717) is 17.3 Å². The molecule has 5 nitrogen and oxygen atoms in total. The Morgan fingerprint density at radius 3 is 2.04 bits per heavy atom. The Bertz CT molecular complexity index is 778. The number of urea groups is 1. The molecule has 1 aliphatic rings. The fourth-order valence-electron chi connectivity index (χ4n) is 3.47. The van der Waals surface area contributed by atoms with Gasteiger partial charge in [0.05, 0.1) is 0 Å². The summed E-state index contributed by atoms with van der Waals surface area (Å²) < 4.78 is 0. The van der Waals surface area contributed by atoms with Crippen molar-refractivity contribution < 1.29 is 9.59 Å². The molecule has 2 aromatic carbocycles. The summed E-state index contributed by atoms with van der Waals surface area (Å²) >= 11 is 0. The summed E-state index contributed by atoms with van der Waals surface area (Å²) in [6, 6.07) is 14.9. The van der Waals surface area contributed by atoms with Gasteiger partial charge in [0.25, 0.3) is 5.91 Å². The first-order chi connectivity index (χ1) is 13.6. The molecular weight excluding hydrogens is 350 g/mol. The number of anilines is 2. The quantitative estimate of drug-likeness (QED) is 0.607. The molecule has 1 saturated carbocycles. The van der Waals surface area contributed by atoms with Gasteiger partial charge in [0.1, 0.15) is 0 Å². The molecule has 5 heteroatoms. The van der Waals surface area contributed by atoms with Crippen LogP contribution in [0.15, 0.2) is 48.5 Å². The van der Waals surface area contributed by atoms with Gasteiger partial charge in [-0.05, 0) is 67.6 Å². The predicted molar refractivity (Wildman–Crippen MR) is 114 cm³/mol. The molecule has 0 unspecified atom stereocenters. The number of benzene rings is 2. The molecule has 0 bridgehead atoms. The van der Waals surface area contributed by atoms with Gasteiger partial charge in [-0.25, -0.2) is 4.79 Å². The molecule has 0 spiro atoms. The Morgan fingerprint density at radius 1 is 0.893 bits per heavy atom. The van der Waals surface area contributed by atoms with Crippen molar-refractivity contribution in [2.75, 3.05) is 10.6 Å². The number of rotatable bonds is 7. The Balaban J connectivity index is 1.49. The first-order valence-electron chi connectivity index (χ1n) is 10.2. The molecule has 1 fully saturated rings. The molecule has 28 heavy (non-hydrogen) atoms. The van der Waals surface area contributed by atoms with Crippen molar-refractivity contribution in [1.82, 2.24) is 5.32 Å². The zero-order chi connectivity index (χ0) is 19.8. The Morgan fingerprint density at radius 2 is 1.46 bits per heavy atom. The summed E-state index contributed by atoms with van der Waals surface area (Å²) in [7, 11) is 0. The highest BCUT2D eigenvalue weighted by Crippen LogP contribution is 2.19. The molecule has 2 aromatic rings. The van der Waals surface area contributed by atoms with E-state index in [2.05, 4.69) is 22.9 Å². The topological polar surface area (TPSA) is 70.2 Å². The van der Waals surface area contributed by atoms with Gasteiger partial charge in [0, 0.05) is 23.0 Å². The first-order valence-corrected chi connectivity index (χ1v) is 10.2. The molecule has 3 rings (SSSR count). The van der Waals surface area contributed by atoms with Gasteiger partial charge >= 0.3 is 6.03 Å². The fraction of sp³-hybridized carbons (Fsp3) is 0.391. The normalized spacial score (nSPS) is 13.9. The van der Waals surface area contributed by atoms with Crippen LogP contribution in [0.3, 0.4) is 0 Å². The van der Waals surface area contributed by atoms with E-state index in [0.717, 1.165) is 24.9 Å². The number of aryl methyl sites for hydroxylation is 1. The highest BCUT2D eigenvalue weighted by molar-refractivity contribution is 6.00. The Hall–Kier alpha value is -2.82. The number of hydrogen-bond donors (Lipinski definition) is 3. The minimum absolute atomic E-state index is 0.0499. The second-order valence-electron chi connectivity index (χ2n) is 7.41. The predicted octanol–water partition coefficient (Wildman–Crippen LogP) is 5.35. The van der Waals surface area contributed by atoms with Crippen LogP contribution in [-0.4, -0.2) is 18.0 Å². The van der Waals surface area contributed by atoms with Gasteiger partial charge in [-0.15, -0.1) is 0 Å². The number of carbonyl (C=O) groups excluding carboxylic acids is 2. The fourth-order valence-corrected chi connectivity index (χ4v) is 3.47. The smallest absolute Gasteiger partial charge is 0.323 e. The van der Waals surface area contributed by atoms with Gasteiger partial charge in [0.2, 0.25) is 0 Å². The second-order valence-corrected chi connectivity index (χ2v) is 7.41. The van der Waals surface area contributed by atoms with Crippen LogP contribution in [0.25, 0.3) is 0 Å². The highest BCUT2D eigenvalue weighted by atomic mass is 16.2. The van der Waals surface area contributed by atoms with E-state index in [-0.39, 0.29) is 11.9 Å². The van der Waals surface area contributed by atoms with E-state index in [9.17, 15) is 9.59 Å².